The summed E-state index contributed by atoms with van der Waals surface area (Å²) >= 11 is 0. The Bertz CT molecular complexity index is 802. The molecule has 34 heavy (non-hydrogen) atoms. The van der Waals surface area contributed by atoms with Crippen molar-refractivity contribution in [2.24, 2.45) is 52.3 Å². The van der Waals surface area contributed by atoms with Crippen molar-refractivity contribution in [2.45, 2.75) is 123 Å². The standard InChI is InChI=1S/C30H48O4/c1-6-26(31)33-21-10-12-28(4)20(15-21)7-8-22-23(28)11-13-29(5)24(22)16-25-27(29)19(3)30(34-25)14-9-18(2)17-32-30/h18-25,27H,6-17H2,1-5H3. The van der Waals surface area contributed by atoms with Crippen molar-refractivity contribution >= 4 is 5.97 Å². The summed E-state index contributed by atoms with van der Waals surface area (Å²) in [5.74, 6) is 4.71. The minimum Gasteiger partial charge on any atom is -0.462 e. The lowest BCUT2D eigenvalue weighted by Gasteiger charge is -2.61. The first-order valence-electron chi connectivity index (χ1n) is 14.7. The maximum absolute atomic E-state index is 11.9. The van der Waals surface area contributed by atoms with Gasteiger partial charge in [0.15, 0.2) is 5.79 Å². The first-order chi connectivity index (χ1) is 16.2. The van der Waals surface area contributed by atoms with Crippen molar-refractivity contribution < 1.29 is 19.0 Å². The lowest BCUT2D eigenvalue weighted by atomic mass is 9.44. The Labute approximate surface area is 207 Å². The highest BCUT2D eigenvalue weighted by molar-refractivity contribution is 5.69. The van der Waals surface area contributed by atoms with Crippen molar-refractivity contribution in [3.8, 4) is 0 Å². The summed E-state index contributed by atoms with van der Waals surface area (Å²) < 4.78 is 19.2. The molecular formula is C30H48O4. The fourth-order valence-electron chi connectivity index (χ4n) is 10.6. The number of ether oxygens (including phenoxy) is 3. The van der Waals surface area contributed by atoms with E-state index in [1.54, 1.807) is 0 Å². The maximum atomic E-state index is 11.9. The molecule has 12 atom stereocenters. The normalized spacial score (nSPS) is 56.3. The third-order valence-corrected chi connectivity index (χ3v) is 12.5. The summed E-state index contributed by atoms with van der Waals surface area (Å²) in [5.41, 5.74) is 0.825. The van der Waals surface area contributed by atoms with E-state index in [9.17, 15) is 4.79 Å². The molecule has 2 saturated heterocycles. The fraction of sp³-hybridized carbons (Fsp3) is 0.967. The average molecular weight is 473 g/mol. The molecule has 0 aromatic heterocycles. The zero-order valence-corrected chi connectivity index (χ0v) is 22.3. The second kappa shape index (κ2) is 8.20. The van der Waals surface area contributed by atoms with E-state index in [0.717, 1.165) is 49.5 Å². The van der Waals surface area contributed by atoms with Crippen molar-refractivity contribution in [3.63, 3.8) is 0 Å². The molecule has 0 radical (unpaired) electrons. The maximum Gasteiger partial charge on any atom is 0.305 e. The van der Waals surface area contributed by atoms with Crippen LogP contribution in [-0.4, -0.2) is 30.6 Å². The van der Waals surface area contributed by atoms with Gasteiger partial charge >= 0.3 is 5.97 Å². The smallest absolute Gasteiger partial charge is 0.305 e. The van der Waals surface area contributed by atoms with E-state index >= 15 is 0 Å². The summed E-state index contributed by atoms with van der Waals surface area (Å²) in [6.45, 7) is 12.8. The number of carbonyl (C=O) groups excluding carboxylic acids is 1. The number of fused-ring (bicyclic) bond motifs is 7. The highest BCUT2D eigenvalue weighted by atomic mass is 16.7. The van der Waals surface area contributed by atoms with Gasteiger partial charge in [-0.05, 0) is 104 Å². The Morgan fingerprint density at radius 1 is 0.941 bits per heavy atom. The molecule has 4 saturated carbocycles. The molecule has 2 heterocycles. The van der Waals surface area contributed by atoms with Gasteiger partial charge in [-0.2, -0.15) is 0 Å². The second-order valence-electron chi connectivity index (χ2n) is 13.9. The van der Waals surface area contributed by atoms with Gasteiger partial charge in [-0.25, -0.2) is 0 Å². The predicted octanol–water partition coefficient (Wildman–Crippen LogP) is 6.75. The van der Waals surface area contributed by atoms with Gasteiger partial charge in [-0.3, -0.25) is 4.79 Å². The molecule has 6 fully saturated rings. The number of esters is 1. The largest absolute Gasteiger partial charge is 0.462 e. The fourth-order valence-corrected chi connectivity index (χ4v) is 10.6. The molecule has 4 aliphatic carbocycles. The number of rotatable bonds is 2. The SMILES string of the molecule is CCC(=O)OC1CCC2(C)C(CCC3C2CCC2(C)C3CC3OC4(CCC(C)CO4)C(C)C32)C1. The number of hydrogen-bond donors (Lipinski definition) is 0. The summed E-state index contributed by atoms with van der Waals surface area (Å²) in [5, 5.41) is 0. The van der Waals surface area contributed by atoms with Crippen LogP contribution in [-0.2, 0) is 19.0 Å². The molecule has 192 valence electrons. The molecule has 0 amide bonds. The van der Waals surface area contributed by atoms with Crippen LogP contribution in [0.1, 0.15) is 105 Å². The van der Waals surface area contributed by atoms with Gasteiger partial charge in [-0.15, -0.1) is 0 Å². The molecular weight excluding hydrogens is 424 g/mol. The molecule has 4 nitrogen and oxygen atoms in total. The van der Waals surface area contributed by atoms with Gasteiger partial charge in [0, 0.05) is 18.8 Å². The summed E-state index contributed by atoms with van der Waals surface area (Å²) in [6.07, 6.45) is 13.4. The Morgan fingerprint density at radius 2 is 1.74 bits per heavy atom. The van der Waals surface area contributed by atoms with E-state index < -0.39 is 0 Å². The van der Waals surface area contributed by atoms with Gasteiger partial charge in [0.25, 0.3) is 0 Å². The highest BCUT2D eigenvalue weighted by Gasteiger charge is 2.69. The molecule has 0 aromatic carbocycles. The molecule has 6 aliphatic rings. The average Bonchev–Trinajstić information content (AvgIpc) is 3.26. The van der Waals surface area contributed by atoms with Gasteiger partial charge in [0.05, 0.1) is 12.7 Å². The van der Waals surface area contributed by atoms with Crippen LogP contribution in [0.2, 0.25) is 0 Å². The molecule has 4 heteroatoms. The van der Waals surface area contributed by atoms with Crippen LogP contribution in [0.5, 0.6) is 0 Å². The van der Waals surface area contributed by atoms with Crippen LogP contribution in [0.25, 0.3) is 0 Å². The van der Waals surface area contributed by atoms with E-state index in [1.807, 2.05) is 6.92 Å². The summed E-state index contributed by atoms with van der Waals surface area (Å²) in [6, 6.07) is 0. The van der Waals surface area contributed by atoms with Crippen LogP contribution in [0, 0.1) is 52.3 Å². The third-order valence-electron chi connectivity index (χ3n) is 12.5. The molecule has 12 unspecified atom stereocenters. The van der Waals surface area contributed by atoms with Gasteiger partial charge in [0.2, 0.25) is 0 Å². The Morgan fingerprint density at radius 3 is 2.47 bits per heavy atom. The lowest BCUT2D eigenvalue weighted by molar-refractivity contribution is -0.273. The lowest BCUT2D eigenvalue weighted by Crippen LogP contribution is -2.55. The van der Waals surface area contributed by atoms with Gasteiger partial charge in [0.1, 0.15) is 6.10 Å². The Balaban J connectivity index is 1.19. The first kappa shape index (κ1) is 23.8. The predicted molar refractivity (Wildman–Crippen MR) is 132 cm³/mol. The molecule has 0 aromatic rings. The minimum absolute atomic E-state index is 0.0171. The van der Waals surface area contributed by atoms with Crippen molar-refractivity contribution in [3.05, 3.63) is 0 Å². The van der Waals surface area contributed by atoms with Crippen LogP contribution in [0.4, 0.5) is 0 Å². The van der Waals surface area contributed by atoms with Crippen molar-refractivity contribution in [2.75, 3.05) is 6.61 Å². The van der Waals surface area contributed by atoms with Gasteiger partial charge < -0.3 is 14.2 Å². The highest BCUT2D eigenvalue weighted by Crippen LogP contribution is 2.71. The van der Waals surface area contributed by atoms with E-state index in [0.29, 0.717) is 41.1 Å². The zero-order chi connectivity index (χ0) is 23.9. The molecule has 0 bridgehead atoms. The third kappa shape index (κ3) is 3.32. The summed E-state index contributed by atoms with van der Waals surface area (Å²) in [7, 11) is 0. The minimum atomic E-state index is -0.301. The Hall–Kier alpha value is -0.610. The topological polar surface area (TPSA) is 44.8 Å². The van der Waals surface area contributed by atoms with Crippen molar-refractivity contribution in [1.82, 2.24) is 0 Å². The Kier molecular flexibility index (Phi) is 5.73. The number of hydrogen-bond acceptors (Lipinski definition) is 4. The number of carbonyl (C=O) groups is 1. The first-order valence-corrected chi connectivity index (χ1v) is 14.7. The summed E-state index contributed by atoms with van der Waals surface area (Å²) in [4.78, 5) is 11.9. The zero-order valence-electron chi connectivity index (χ0n) is 22.3. The van der Waals surface area contributed by atoms with E-state index in [4.69, 9.17) is 14.2 Å². The van der Waals surface area contributed by atoms with E-state index in [-0.39, 0.29) is 17.9 Å². The van der Waals surface area contributed by atoms with Crippen LogP contribution in [0.15, 0.2) is 0 Å². The van der Waals surface area contributed by atoms with Crippen LogP contribution < -0.4 is 0 Å². The second-order valence-corrected chi connectivity index (χ2v) is 13.9. The molecule has 6 rings (SSSR count). The van der Waals surface area contributed by atoms with Gasteiger partial charge in [-0.1, -0.05) is 34.6 Å². The van der Waals surface area contributed by atoms with E-state index in [1.165, 1.54) is 44.9 Å². The van der Waals surface area contributed by atoms with Crippen LogP contribution >= 0.6 is 0 Å². The van der Waals surface area contributed by atoms with Crippen LogP contribution in [0.3, 0.4) is 0 Å². The molecule has 2 aliphatic heterocycles. The molecule has 1 spiro atoms. The molecule has 0 N–H and O–H groups in total. The van der Waals surface area contributed by atoms with Crippen molar-refractivity contribution in [1.29, 1.82) is 0 Å². The quantitative estimate of drug-likeness (QED) is 0.417. The van der Waals surface area contributed by atoms with E-state index in [2.05, 4.69) is 27.7 Å². The monoisotopic (exact) mass is 472 g/mol.